The molecule has 8 heteroatoms. The van der Waals surface area contributed by atoms with Gasteiger partial charge in [-0.1, -0.05) is 0 Å². The van der Waals surface area contributed by atoms with Crippen LogP contribution >= 0.6 is 0 Å². The van der Waals surface area contributed by atoms with Crippen LogP contribution in [0.5, 0.6) is 0 Å². The lowest BCUT2D eigenvalue weighted by molar-refractivity contribution is -0.384. The van der Waals surface area contributed by atoms with E-state index in [-0.39, 0.29) is 16.9 Å². The third-order valence-corrected chi connectivity index (χ3v) is 2.69. The van der Waals surface area contributed by atoms with Crippen LogP contribution in [0.3, 0.4) is 0 Å². The number of nitrogens with zero attached hydrogens (tertiary/aromatic N) is 2. The number of nitrogens with two attached hydrogens (primary N) is 1. The molecule has 1 aromatic carbocycles. The number of imidazole rings is 1. The van der Waals surface area contributed by atoms with Crippen molar-refractivity contribution in [2.24, 2.45) is 0 Å². The fraction of sp³-hybridized carbons (Fsp3) is 0.167. The Hall–Kier alpha value is -2.90. The standard InChI is InChI=1S/C12H13N5O3/c13-10-2-1-8(17(19)20)7-9(10)12(18)16-4-3-11-14-5-6-15-11/h1-2,5-7H,3-4,13H2,(H,14,15)(H,16,18). The molecule has 20 heavy (non-hydrogen) atoms. The van der Waals surface area contributed by atoms with Crippen molar-refractivity contribution in [3.8, 4) is 0 Å². The van der Waals surface area contributed by atoms with Gasteiger partial charge in [-0.3, -0.25) is 14.9 Å². The molecule has 2 aromatic rings. The molecule has 0 aliphatic heterocycles. The third kappa shape index (κ3) is 3.10. The maximum Gasteiger partial charge on any atom is 0.270 e. The molecule has 0 unspecified atom stereocenters. The highest BCUT2D eigenvalue weighted by atomic mass is 16.6. The van der Waals surface area contributed by atoms with Gasteiger partial charge in [0.2, 0.25) is 0 Å². The van der Waals surface area contributed by atoms with Crippen LogP contribution in [0.2, 0.25) is 0 Å². The van der Waals surface area contributed by atoms with Crippen LogP contribution in [0, 0.1) is 10.1 Å². The average Bonchev–Trinajstić information content (AvgIpc) is 2.92. The first-order valence-corrected chi connectivity index (χ1v) is 5.88. The van der Waals surface area contributed by atoms with Crippen molar-refractivity contribution in [2.75, 3.05) is 12.3 Å². The van der Waals surface area contributed by atoms with E-state index in [1.165, 1.54) is 12.1 Å². The number of nitro benzene ring substituents is 1. The maximum atomic E-state index is 11.9. The summed E-state index contributed by atoms with van der Waals surface area (Å²) < 4.78 is 0. The number of aromatic amines is 1. The Morgan fingerprint density at radius 3 is 2.95 bits per heavy atom. The monoisotopic (exact) mass is 275 g/mol. The zero-order chi connectivity index (χ0) is 14.5. The Labute approximate surface area is 114 Å². The number of non-ortho nitro benzene ring substituents is 1. The number of carbonyl (C=O) groups excluding carboxylic acids is 1. The Kier molecular flexibility index (Phi) is 3.94. The van der Waals surface area contributed by atoms with Gasteiger partial charge in [0.1, 0.15) is 5.82 Å². The Balaban J connectivity index is 2.01. The SMILES string of the molecule is Nc1ccc([N+](=O)[O-])cc1C(=O)NCCc1ncc[nH]1. The number of nitro groups is 1. The van der Waals surface area contributed by atoms with E-state index in [1.54, 1.807) is 12.4 Å². The first kappa shape index (κ1) is 13.5. The second-order valence-corrected chi connectivity index (χ2v) is 4.07. The molecule has 104 valence electrons. The van der Waals surface area contributed by atoms with E-state index in [2.05, 4.69) is 15.3 Å². The van der Waals surface area contributed by atoms with Gasteiger partial charge in [-0.2, -0.15) is 0 Å². The van der Waals surface area contributed by atoms with Gasteiger partial charge in [0.15, 0.2) is 0 Å². The van der Waals surface area contributed by atoms with Gasteiger partial charge in [-0.15, -0.1) is 0 Å². The molecule has 2 rings (SSSR count). The van der Waals surface area contributed by atoms with Gasteiger partial charge in [0.05, 0.1) is 10.5 Å². The minimum atomic E-state index is -0.570. The molecular formula is C12H13N5O3. The highest BCUT2D eigenvalue weighted by molar-refractivity contribution is 5.99. The summed E-state index contributed by atoms with van der Waals surface area (Å²) in [6.45, 7) is 0.356. The largest absolute Gasteiger partial charge is 0.398 e. The van der Waals surface area contributed by atoms with Gasteiger partial charge >= 0.3 is 0 Å². The van der Waals surface area contributed by atoms with Crippen molar-refractivity contribution in [1.29, 1.82) is 0 Å². The molecule has 1 amide bonds. The molecule has 0 saturated carbocycles. The second-order valence-electron chi connectivity index (χ2n) is 4.07. The van der Waals surface area contributed by atoms with Crippen molar-refractivity contribution in [3.05, 3.63) is 52.1 Å². The summed E-state index contributed by atoms with van der Waals surface area (Å²) in [7, 11) is 0. The molecule has 1 aromatic heterocycles. The number of rotatable bonds is 5. The van der Waals surface area contributed by atoms with E-state index in [9.17, 15) is 14.9 Å². The average molecular weight is 275 g/mol. The summed E-state index contributed by atoms with van der Waals surface area (Å²) in [5.74, 6) is 0.301. The van der Waals surface area contributed by atoms with Crippen LogP contribution < -0.4 is 11.1 Å². The molecule has 8 nitrogen and oxygen atoms in total. The van der Waals surface area contributed by atoms with Crippen LogP contribution in [-0.4, -0.2) is 27.3 Å². The highest BCUT2D eigenvalue weighted by Gasteiger charge is 2.14. The van der Waals surface area contributed by atoms with Gasteiger partial charge < -0.3 is 16.0 Å². The topological polar surface area (TPSA) is 127 Å². The number of carbonyl (C=O) groups is 1. The highest BCUT2D eigenvalue weighted by Crippen LogP contribution is 2.19. The lowest BCUT2D eigenvalue weighted by atomic mass is 10.1. The van der Waals surface area contributed by atoms with Crippen LogP contribution in [0.15, 0.2) is 30.6 Å². The lowest BCUT2D eigenvalue weighted by Gasteiger charge is -2.06. The summed E-state index contributed by atoms with van der Waals surface area (Å²) in [4.78, 5) is 29.0. The number of aromatic nitrogens is 2. The predicted molar refractivity (Wildman–Crippen MR) is 72.1 cm³/mol. The Morgan fingerprint density at radius 1 is 1.50 bits per heavy atom. The molecule has 0 aliphatic rings. The van der Waals surface area contributed by atoms with Gasteiger partial charge in [0, 0.05) is 43.2 Å². The number of H-pyrrole nitrogens is 1. The van der Waals surface area contributed by atoms with Crippen molar-refractivity contribution < 1.29 is 9.72 Å². The normalized spacial score (nSPS) is 10.2. The molecule has 1 heterocycles. The number of hydrogen-bond acceptors (Lipinski definition) is 5. The van der Waals surface area contributed by atoms with Crippen molar-refractivity contribution in [3.63, 3.8) is 0 Å². The molecule has 0 aliphatic carbocycles. The molecule has 0 fully saturated rings. The number of nitrogens with one attached hydrogen (secondary N) is 2. The number of benzene rings is 1. The number of hydrogen-bond donors (Lipinski definition) is 3. The van der Waals surface area contributed by atoms with E-state index in [1.807, 2.05) is 0 Å². The summed E-state index contributed by atoms with van der Waals surface area (Å²) in [6.07, 6.45) is 3.85. The number of anilines is 1. The molecule has 0 spiro atoms. The van der Waals surface area contributed by atoms with E-state index in [0.717, 1.165) is 11.9 Å². The van der Waals surface area contributed by atoms with E-state index in [0.29, 0.717) is 13.0 Å². The van der Waals surface area contributed by atoms with Crippen molar-refractivity contribution in [1.82, 2.24) is 15.3 Å². The van der Waals surface area contributed by atoms with E-state index in [4.69, 9.17) is 5.73 Å². The second kappa shape index (κ2) is 5.83. The summed E-state index contributed by atoms with van der Waals surface area (Å²) in [5.41, 5.74) is 5.78. The van der Waals surface area contributed by atoms with E-state index >= 15 is 0 Å². The van der Waals surface area contributed by atoms with Crippen LogP contribution in [0.4, 0.5) is 11.4 Å². The molecule has 4 N–H and O–H groups in total. The first-order valence-electron chi connectivity index (χ1n) is 5.88. The lowest BCUT2D eigenvalue weighted by Crippen LogP contribution is -2.26. The van der Waals surface area contributed by atoms with Crippen molar-refractivity contribution >= 4 is 17.3 Å². The van der Waals surface area contributed by atoms with Crippen LogP contribution in [0.1, 0.15) is 16.2 Å². The maximum absolute atomic E-state index is 11.9. The van der Waals surface area contributed by atoms with Gasteiger partial charge in [0.25, 0.3) is 11.6 Å². The van der Waals surface area contributed by atoms with Gasteiger partial charge in [-0.05, 0) is 6.07 Å². The Bertz CT molecular complexity index is 624. The summed E-state index contributed by atoms with van der Waals surface area (Å²) in [6, 6.07) is 3.77. The molecular weight excluding hydrogens is 262 g/mol. The smallest absolute Gasteiger partial charge is 0.270 e. The zero-order valence-corrected chi connectivity index (χ0v) is 10.5. The minimum Gasteiger partial charge on any atom is -0.398 e. The molecule has 0 radical (unpaired) electrons. The predicted octanol–water partition coefficient (Wildman–Crippen LogP) is 0.873. The van der Waals surface area contributed by atoms with Gasteiger partial charge in [-0.25, -0.2) is 4.98 Å². The molecule has 0 bridgehead atoms. The zero-order valence-electron chi connectivity index (χ0n) is 10.5. The number of amides is 1. The van der Waals surface area contributed by atoms with Crippen LogP contribution in [0.25, 0.3) is 0 Å². The fourth-order valence-electron chi connectivity index (χ4n) is 1.68. The molecule has 0 saturated heterocycles. The quantitative estimate of drug-likeness (QED) is 0.424. The third-order valence-electron chi connectivity index (χ3n) is 2.69. The summed E-state index contributed by atoms with van der Waals surface area (Å²) in [5, 5.41) is 13.3. The fourth-order valence-corrected chi connectivity index (χ4v) is 1.68. The van der Waals surface area contributed by atoms with Crippen molar-refractivity contribution in [2.45, 2.75) is 6.42 Å². The number of nitrogen functional groups attached to an aromatic ring is 1. The molecule has 0 atom stereocenters. The summed E-state index contributed by atoms with van der Waals surface area (Å²) >= 11 is 0. The van der Waals surface area contributed by atoms with E-state index < -0.39 is 10.8 Å². The minimum absolute atomic E-state index is 0.0960. The Morgan fingerprint density at radius 2 is 2.30 bits per heavy atom. The van der Waals surface area contributed by atoms with Crippen LogP contribution in [-0.2, 0) is 6.42 Å². The first-order chi connectivity index (χ1) is 9.58.